The van der Waals surface area contributed by atoms with Gasteiger partial charge in [0.1, 0.15) is 18.1 Å². The molecule has 0 saturated heterocycles. The highest BCUT2D eigenvalue weighted by Crippen LogP contribution is 2.40. The summed E-state index contributed by atoms with van der Waals surface area (Å²) in [6.07, 6.45) is 1.46. The van der Waals surface area contributed by atoms with E-state index in [1.807, 2.05) is 25.1 Å². The number of fused-ring (bicyclic) bond motifs is 2. The summed E-state index contributed by atoms with van der Waals surface area (Å²) >= 11 is 0. The molecule has 2 aliphatic rings. The van der Waals surface area contributed by atoms with Gasteiger partial charge in [0.05, 0.1) is 12.7 Å². The number of carbonyl (C=O) groups excluding carboxylic acids is 1. The Hall–Kier alpha value is -4.01. The van der Waals surface area contributed by atoms with Gasteiger partial charge in [0.25, 0.3) is 5.91 Å². The number of aromatic nitrogens is 3. The van der Waals surface area contributed by atoms with Crippen molar-refractivity contribution >= 4 is 17.5 Å². The van der Waals surface area contributed by atoms with Crippen LogP contribution in [0.15, 0.2) is 60.1 Å². The Bertz CT molecular complexity index is 1150. The average molecular weight is 405 g/mol. The van der Waals surface area contributed by atoms with Gasteiger partial charge in [-0.2, -0.15) is 10.1 Å². The fraction of sp³-hybridized carbons (Fsp3) is 0.190. The molecule has 0 saturated carbocycles. The van der Waals surface area contributed by atoms with Crippen LogP contribution in [-0.2, 0) is 4.79 Å². The van der Waals surface area contributed by atoms with Crippen molar-refractivity contribution in [1.29, 1.82) is 0 Å². The highest BCUT2D eigenvalue weighted by atomic mass is 16.7. The van der Waals surface area contributed by atoms with Crippen LogP contribution in [0.4, 0.5) is 11.6 Å². The number of carbonyl (C=O) groups is 1. The minimum absolute atomic E-state index is 0.180. The van der Waals surface area contributed by atoms with Gasteiger partial charge in [-0.3, -0.25) is 4.79 Å². The lowest BCUT2D eigenvalue weighted by atomic mass is 9.94. The lowest BCUT2D eigenvalue weighted by Gasteiger charge is -2.28. The van der Waals surface area contributed by atoms with E-state index in [1.165, 1.54) is 6.33 Å². The maximum absolute atomic E-state index is 13.3. The molecule has 2 aliphatic heterocycles. The van der Waals surface area contributed by atoms with E-state index < -0.39 is 6.04 Å². The van der Waals surface area contributed by atoms with E-state index >= 15 is 0 Å². The standard InChI is InChI=1S/C21H19N5O4/c1-12-18(20(27)25-14-4-6-15(28-2)7-5-14)19(26-21(24-12)22-10-23-26)13-3-8-16-17(9-13)30-11-29-16/h3-10,19H,11H2,1-2H3,(H,25,27)(H,22,23,24)/t19-/m0/s1. The highest BCUT2D eigenvalue weighted by Gasteiger charge is 2.34. The molecule has 152 valence electrons. The first kappa shape index (κ1) is 18.0. The number of benzene rings is 2. The maximum atomic E-state index is 13.3. The topological polar surface area (TPSA) is 99.5 Å². The summed E-state index contributed by atoms with van der Waals surface area (Å²) in [5.41, 5.74) is 2.73. The van der Waals surface area contributed by atoms with Gasteiger partial charge in [0, 0.05) is 11.4 Å². The van der Waals surface area contributed by atoms with Gasteiger partial charge in [-0.25, -0.2) is 4.68 Å². The molecule has 0 fully saturated rings. The van der Waals surface area contributed by atoms with Crippen LogP contribution in [0.1, 0.15) is 18.5 Å². The number of ether oxygens (including phenoxy) is 3. The lowest BCUT2D eigenvalue weighted by Crippen LogP contribution is -2.31. The smallest absolute Gasteiger partial charge is 0.255 e. The van der Waals surface area contributed by atoms with Crippen LogP contribution >= 0.6 is 0 Å². The van der Waals surface area contributed by atoms with E-state index in [1.54, 1.807) is 36.1 Å². The first-order valence-corrected chi connectivity index (χ1v) is 9.36. The van der Waals surface area contributed by atoms with Crippen LogP contribution in [0.3, 0.4) is 0 Å². The van der Waals surface area contributed by atoms with E-state index in [-0.39, 0.29) is 12.7 Å². The molecule has 1 aromatic heterocycles. The first-order valence-electron chi connectivity index (χ1n) is 9.36. The predicted molar refractivity (Wildman–Crippen MR) is 109 cm³/mol. The molecular weight excluding hydrogens is 386 g/mol. The van der Waals surface area contributed by atoms with Crippen LogP contribution < -0.4 is 24.8 Å². The van der Waals surface area contributed by atoms with Gasteiger partial charge in [0.15, 0.2) is 11.5 Å². The summed E-state index contributed by atoms with van der Waals surface area (Å²) < 4.78 is 17.8. The summed E-state index contributed by atoms with van der Waals surface area (Å²) in [6, 6.07) is 12.3. The summed E-state index contributed by atoms with van der Waals surface area (Å²) in [4.78, 5) is 17.6. The van der Waals surface area contributed by atoms with E-state index in [2.05, 4.69) is 20.7 Å². The van der Waals surface area contributed by atoms with Crippen molar-refractivity contribution in [2.75, 3.05) is 24.5 Å². The first-order chi connectivity index (χ1) is 14.6. The van der Waals surface area contributed by atoms with E-state index in [0.29, 0.717) is 40.2 Å². The molecule has 1 atom stereocenters. The Morgan fingerprint density at radius 2 is 2.00 bits per heavy atom. The fourth-order valence-corrected chi connectivity index (χ4v) is 3.65. The predicted octanol–water partition coefficient (Wildman–Crippen LogP) is 2.94. The van der Waals surface area contributed by atoms with E-state index in [4.69, 9.17) is 14.2 Å². The average Bonchev–Trinajstić information content (AvgIpc) is 3.41. The maximum Gasteiger partial charge on any atom is 0.255 e. The summed E-state index contributed by atoms with van der Waals surface area (Å²) in [5.74, 6) is 2.36. The van der Waals surface area contributed by atoms with Crippen LogP contribution in [0, 0.1) is 0 Å². The van der Waals surface area contributed by atoms with Crippen LogP contribution in [0.25, 0.3) is 0 Å². The zero-order chi connectivity index (χ0) is 20.7. The van der Waals surface area contributed by atoms with Gasteiger partial charge < -0.3 is 24.8 Å². The molecule has 0 bridgehead atoms. The molecule has 3 heterocycles. The second-order valence-electron chi connectivity index (χ2n) is 6.89. The number of nitrogens with one attached hydrogen (secondary N) is 2. The van der Waals surface area contributed by atoms with Crippen LogP contribution in [-0.4, -0.2) is 34.6 Å². The van der Waals surface area contributed by atoms with Crippen molar-refractivity contribution in [3.63, 3.8) is 0 Å². The quantitative estimate of drug-likeness (QED) is 0.688. The Labute approximate surface area is 172 Å². The Kier molecular flexibility index (Phi) is 4.27. The van der Waals surface area contributed by atoms with Gasteiger partial charge in [-0.05, 0) is 48.9 Å². The van der Waals surface area contributed by atoms with Crippen molar-refractivity contribution in [3.05, 3.63) is 65.6 Å². The molecule has 0 radical (unpaired) electrons. The molecule has 1 amide bonds. The Morgan fingerprint density at radius 1 is 1.20 bits per heavy atom. The zero-order valence-electron chi connectivity index (χ0n) is 16.4. The summed E-state index contributed by atoms with van der Waals surface area (Å²) in [5, 5.41) is 10.5. The van der Waals surface area contributed by atoms with E-state index in [0.717, 1.165) is 5.56 Å². The number of anilines is 2. The molecule has 3 aromatic rings. The van der Waals surface area contributed by atoms with Gasteiger partial charge in [0.2, 0.25) is 12.7 Å². The monoisotopic (exact) mass is 405 g/mol. The number of rotatable bonds is 4. The molecule has 9 heteroatoms. The molecule has 30 heavy (non-hydrogen) atoms. The van der Waals surface area contributed by atoms with Gasteiger partial charge in [-0.1, -0.05) is 6.07 Å². The summed E-state index contributed by atoms with van der Waals surface area (Å²) in [6.45, 7) is 2.03. The number of hydrogen-bond donors (Lipinski definition) is 2. The highest BCUT2D eigenvalue weighted by molar-refractivity contribution is 6.06. The van der Waals surface area contributed by atoms with Crippen molar-refractivity contribution in [1.82, 2.24) is 14.8 Å². The van der Waals surface area contributed by atoms with E-state index in [9.17, 15) is 4.79 Å². The molecule has 0 aliphatic carbocycles. The number of allylic oxidation sites excluding steroid dienone is 1. The van der Waals surface area contributed by atoms with Crippen molar-refractivity contribution in [2.24, 2.45) is 0 Å². The van der Waals surface area contributed by atoms with Crippen molar-refractivity contribution < 1.29 is 19.0 Å². The minimum atomic E-state index is -0.475. The number of hydrogen-bond acceptors (Lipinski definition) is 7. The third-order valence-electron chi connectivity index (χ3n) is 5.10. The third kappa shape index (κ3) is 3.00. The number of nitrogens with zero attached hydrogens (tertiary/aromatic N) is 3. The minimum Gasteiger partial charge on any atom is -0.497 e. The Morgan fingerprint density at radius 3 is 2.80 bits per heavy atom. The third-order valence-corrected chi connectivity index (χ3v) is 5.10. The zero-order valence-corrected chi connectivity index (χ0v) is 16.4. The largest absolute Gasteiger partial charge is 0.497 e. The molecular formula is C21H19N5O4. The molecule has 9 nitrogen and oxygen atoms in total. The SMILES string of the molecule is COc1ccc(NC(=O)C2=C(C)Nc3ncnn3[C@H]2c2ccc3c(c2)OCO3)cc1. The molecule has 5 rings (SSSR count). The van der Waals surface area contributed by atoms with Crippen LogP contribution in [0.5, 0.6) is 17.2 Å². The van der Waals surface area contributed by atoms with Crippen LogP contribution in [0.2, 0.25) is 0 Å². The second kappa shape index (κ2) is 7.11. The number of amides is 1. The summed E-state index contributed by atoms with van der Waals surface area (Å²) in [7, 11) is 1.60. The second-order valence-corrected chi connectivity index (χ2v) is 6.89. The molecule has 0 spiro atoms. The normalized spacial score (nSPS) is 16.7. The fourth-order valence-electron chi connectivity index (χ4n) is 3.65. The molecule has 2 aromatic carbocycles. The van der Waals surface area contributed by atoms with Gasteiger partial charge in [-0.15, -0.1) is 0 Å². The lowest BCUT2D eigenvalue weighted by molar-refractivity contribution is -0.113. The number of methoxy groups -OCH3 is 1. The molecule has 2 N–H and O–H groups in total. The van der Waals surface area contributed by atoms with Crippen molar-refractivity contribution in [3.8, 4) is 17.2 Å². The van der Waals surface area contributed by atoms with Crippen molar-refractivity contribution in [2.45, 2.75) is 13.0 Å². The molecule has 0 unspecified atom stereocenters. The van der Waals surface area contributed by atoms with Gasteiger partial charge >= 0.3 is 0 Å². The Balaban J connectivity index is 1.53.